The predicted molar refractivity (Wildman–Crippen MR) is 125 cm³/mol. The van der Waals surface area contributed by atoms with Gasteiger partial charge in [0.1, 0.15) is 0 Å². The highest BCUT2D eigenvalue weighted by Gasteiger charge is 2.28. The number of nitrogens with zero attached hydrogens (tertiary/aromatic N) is 1. The Labute approximate surface area is 191 Å². The van der Waals surface area contributed by atoms with Crippen LogP contribution in [0.25, 0.3) is 0 Å². The summed E-state index contributed by atoms with van der Waals surface area (Å²) in [7, 11) is -3.61. The number of Topliss-reactive ketones (excluding diaryl/α,β-unsaturated/α-hetero) is 1. The lowest BCUT2D eigenvalue weighted by atomic mass is 9.88. The highest BCUT2D eigenvalue weighted by Crippen LogP contribution is 2.23. The average Bonchev–Trinajstić information content (AvgIpc) is 2.79. The highest BCUT2D eigenvalue weighted by atomic mass is 32.2. The molecule has 1 N–H and O–H groups in total. The van der Waals surface area contributed by atoms with Crippen molar-refractivity contribution in [3.63, 3.8) is 0 Å². The number of amides is 1. The first-order valence-corrected chi connectivity index (χ1v) is 12.7. The summed E-state index contributed by atoms with van der Waals surface area (Å²) in [5.41, 5.74) is 1.97. The second-order valence-corrected chi connectivity index (χ2v) is 10.5. The van der Waals surface area contributed by atoms with Crippen molar-refractivity contribution in [3.8, 4) is 0 Å². The second kappa shape index (κ2) is 10.9. The van der Waals surface area contributed by atoms with Gasteiger partial charge in [-0.05, 0) is 42.9 Å². The van der Waals surface area contributed by atoms with E-state index < -0.39 is 10.0 Å². The lowest BCUT2D eigenvalue weighted by Crippen LogP contribution is -2.41. The molecule has 0 atom stereocenters. The summed E-state index contributed by atoms with van der Waals surface area (Å²) >= 11 is 0. The fourth-order valence-corrected chi connectivity index (χ4v) is 5.09. The number of hydrogen-bond acceptors (Lipinski definition) is 4. The highest BCUT2D eigenvalue weighted by molar-refractivity contribution is 7.89. The zero-order chi connectivity index (χ0) is 23.1. The molecule has 32 heavy (non-hydrogen) atoms. The molecule has 0 aromatic heterocycles. The van der Waals surface area contributed by atoms with Crippen LogP contribution >= 0.6 is 0 Å². The van der Waals surface area contributed by atoms with Gasteiger partial charge >= 0.3 is 0 Å². The van der Waals surface area contributed by atoms with E-state index in [0.717, 1.165) is 12.0 Å². The maximum absolute atomic E-state index is 12.8. The van der Waals surface area contributed by atoms with Crippen molar-refractivity contribution in [3.05, 3.63) is 65.7 Å². The maximum Gasteiger partial charge on any atom is 0.240 e. The van der Waals surface area contributed by atoms with Crippen LogP contribution in [0.2, 0.25) is 0 Å². The number of benzene rings is 2. The van der Waals surface area contributed by atoms with Gasteiger partial charge in [-0.3, -0.25) is 9.59 Å². The molecule has 1 amide bonds. The summed E-state index contributed by atoms with van der Waals surface area (Å²) < 4.78 is 27.0. The smallest absolute Gasteiger partial charge is 0.240 e. The van der Waals surface area contributed by atoms with Gasteiger partial charge in [-0.15, -0.1) is 0 Å². The number of likely N-dealkylation sites (tertiary alicyclic amines) is 1. The third kappa shape index (κ3) is 6.50. The van der Waals surface area contributed by atoms with Crippen LogP contribution in [0.1, 0.15) is 49.0 Å². The van der Waals surface area contributed by atoms with Crippen LogP contribution in [0.3, 0.4) is 0 Å². The van der Waals surface area contributed by atoms with E-state index in [9.17, 15) is 18.0 Å². The standard InChI is InChI=1S/C25H32N2O4S/c1-19(2)18-20-8-10-21(11-9-20)25(29)22-13-16-27(17-14-22)24(28)12-15-26-32(30,31)23-6-4-3-5-7-23/h3-11,19,22,26H,12-18H2,1-2H3. The van der Waals surface area contributed by atoms with Crippen LogP contribution in [0.5, 0.6) is 0 Å². The molecule has 1 aliphatic rings. The van der Waals surface area contributed by atoms with Crippen LogP contribution in [-0.2, 0) is 21.2 Å². The molecule has 0 saturated carbocycles. The van der Waals surface area contributed by atoms with E-state index in [1.54, 1.807) is 23.1 Å². The summed E-state index contributed by atoms with van der Waals surface area (Å²) in [6.07, 6.45) is 2.36. The first kappa shape index (κ1) is 24.1. The summed E-state index contributed by atoms with van der Waals surface area (Å²) in [5, 5.41) is 0. The van der Waals surface area contributed by atoms with Crippen LogP contribution < -0.4 is 4.72 Å². The SMILES string of the molecule is CC(C)Cc1ccc(C(=O)C2CCN(C(=O)CCNS(=O)(=O)c3ccccc3)CC2)cc1. The second-order valence-electron chi connectivity index (χ2n) is 8.78. The first-order chi connectivity index (χ1) is 15.3. The quantitative estimate of drug-likeness (QED) is 0.584. The van der Waals surface area contributed by atoms with Gasteiger partial charge in [0.15, 0.2) is 5.78 Å². The number of carbonyl (C=O) groups is 2. The Morgan fingerprint density at radius 3 is 2.22 bits per heavy atom. The van der Waals surface area contributed by atoms with Crippen molar-refractivity contribution in [1.29, 1.82) is 0 Å². The van der Waals surface area contributed by atoms with E-state index >= 15 is 0 Å². The van der Waals surface area contributed by atoms with Gasteiger partial charge in [0.05, 0.1) is 4.90 Å². The Hall–Kier alpha value is -2.51. The molecular weight excluding hydrogens is 424 g/mol. The topological polar surface area (TPSA) is 83.6 Å². The number of carbonyl (C=O) groups excluding carboxylic acids is 2. The molecule has 0 radical (unpaired) electrons. The largest absolute Gasteiger partial charge is 0.343 e. The number of piperidine rings is 1. The fourth-order valence-electron chi connectivity index (χ4n) is 4.04. The van der Waals surface area contributed by atoms with Crippen molar-refractivity contribution in [2.24, 2.45) is 11.8 Å². The Morgan fingerprint density at radius 2 is 1.62 bits per heavy atom. The van der Waals surface area contributed by atoms with Crippen molar-refractivity contribution in [2.45, 2.75) is 44.4 Å². The molecule has 0 bridgehead atoms. The minimum absolute atomic E-state index is 0.0532. The van der Waals surface area contributed by atoms with Crippen LogP contribution in [-0.4, -0.2) is 44.6 Å². The maximum atomic E-state index is 12.8. The zero-order valence-electron chi connectivity index (χ0n) is 18.8. The van der Waals surface area contributed by atoms with Crippen LogP contribution in [0.4, 0.5) is 0 Å². The van der Waals surface area contributed by atoms with Gasteiger partial charge in [0.25, 0.3) is 0 Å². The van der Waals surface area contributed by atoms with E-state index in [0.29, 0.717) is 31.8 Å². The average molecular weight is 457 g/mol. The molecule has 2 aromatic rings. The molecule has 172 valence electrons. The van der Waals surface area contributed by atoms with Gasteiger partial charge in [-0.2, -0.15) is 0 Å². The summed E-state index contributed by atoms with van der Waals surface area (Å²) in [4.78, 5) is 27.3. The number of sulfonamides is 1. The monoisotopic (exact) mass is 456 g/mol. The van der Waals surface area contributed by atoms with Crippen LogP contribution in [0.15, 0.2) is 59.5 Å². The van der Waals surface area contributed by atoms with E-state index in [4.69, 9.17) is 0 Å². The number of nitrogens with one attached hydrogen (secondary N) is 1. The summed E-state index contributed by atoms with van der Waals surface area (Å²) in [6.45, 7) is 5.44. The molecule has 6 nitrogen and oxygen atoms in total. The minimum Gasteiger partial charge on any atom is -0.343 e. The van der Waals surface area contributed by atoms with Gasteiger partial charge in [-0.25, -0.2) is 13.1 Å². The molecule has 1 heterocycles. The fraction of sp³-hybridized carbons (Fsp3) is 0.440. The minimum atomic E-state index is -3.61. The zero-order valence-corrected chi connectivity index (χ0v) is 19.6. The van der Waals surface area contributed by atoms with Crippen molar-refractivity contribution < 1.29 is 18.0 Å². The lowest BCUT2D eigenvalue weighted by molar-refractivity contribution is -0.132. The van der Waals surface area contributed by atoms with E-state index in [2.05, 4.69) is 18.6 Å². The van der Waals surface area contributed by atoms with Crippen molar-refractivity contribution in [2.75, 3.05) is 19.6 Å². The number of hydrogen-bond donors (Lipinski definition) is 1. The molecule has 3 rings (SSSR count). The van der Waals surface area contributed by atoms with Gasteiger partial charge in [0.2, 0.25) is 15.9 Å². The van der Waals surface area contributed by atoms with Gasteiger partial charge < -0.3 is 4.90 Å². The molecule has 0 aliphatic carbocycles. The molecule has 2 aromatic carbocycles. The third-order valence-corrected chi connectivity index (χ3v) is 7.26. The summed E-state index contributed by atoms with van der Waals surface area (Å²) in [6, 6.07) is 16.0. The van der Waals surface area contributed by atoms with Gasteiger partial charge in [-0.1, -0.05) is 56.3 Å². The third-order valence-electron chi connectivity index (χ3n) is 5.79. The molecule has 1 saturated heterocycles. The lowest BCUT2D eigenvalue weighted by Gasteiger charge is -2.31. The molecule has 0 spiro atoms. The Kier molecular flexibility index (Phi) is 8.21. The van der Waals surface area contributed by atoms with E-state index in [1.807, 2.05) is 24.3 Å². The van der Waals surface area contributed by atoms with E-state index in [1.165, 1.54) is 17.7 Å². The Bertz CT molecular complexity index is 1010. The molecule has 1 fully saturated rings. The Balaban J connectivity index is 1.44. The van der Waals surface area contributed by atoms with Gasteiger partial charge in [0, 0.05) is 37.5 Å². The predicted octanol–water partition coefficient (Wildman–Crippen LogP) is 3.68. The molecular formula is C25H32N2O4S. The molecule has 0 unspecified atom stereocenters. The normalized spacial score (nSPS) is 15.2. The summed E-state index contributed by atoms with van der Waals surface area (Å²) in [5.74, 6) is 0.548. The Morgan fingerprint density at radius 1 is 1.00 bits per heavy atom. The van der Waals surface area contributed by atoms with Crippen molar-refractivity contribution in [1.82, 2.24) is 9.62 Å². The number of rotatable bonds is 9. The number of ketones is 1. The van der Waals surface area contributed by atoms with Crippen LogP contribution in [0, 0.1) is 11.8 Å². The van der Waals surface area contributed by atoms with E-state index in [-0.39, 0.29) is 35.5 Å². The molecule has 1 aliphatic heterocycles. The first-order valence-electron chi connectivity index (χ1n) is 11.2. The molecule has 7 heteroatoms. The van der Waals surface area contributed by atoms with Crippen molar-refractivity contribution >= 4 is 21.7 Å².